The molecule has 4 nitrogen and oxygen atoms in total. The molecule has 1 aromatic carbocycles. The summed E-state index contributed by atoms with van der Waals surface area (Å²) in [5.41, 5.74) is 1.19. The standard InChI is InChI=1S/C17H17ClF3N3O/c1-9-3-4-11-7-12(19)5-6-13(11)24(9)14(25)8-23-10(2)15(18)16(22-23)17(20)21/h5-7,9,17H,3-4,8H2,1-2H3/t9-/m0/s1. The summed E-state index contributed by atoms with van der Waals surface area (Å²) < 4.78 is 40.5. The van der Waals surface area contributed by atoms with Crippen molar-refractivity contribution < 1.29 is 18.0 Å². The van der Waals surface area contributed by atoms with Crippen LogP contribution in [0.3, 0.4) is 0 Å². The molecule has 0 fully saturated rings. The average Bonchev–Trinajstić information content (AvgIpc) is 2.83. The Bertz CT molecular complexity index is 822. The maximum atomic E-state index is 13.4. The number of amides is 1. The highest BCUT2D eigenvalue weighted by Crippen LogP contribution is 2.32. The lowest BCUT2D eigenvalue weighted by Gasteiger charge is -2.35. The van der Waals surface area contributed by atoms with Crippen LogP contribution in [0.1, 0.15) is 36.7 Å². The third-order valence-electron chi connectivity index (χ3n) is 4.49. The monoisotopic (exact) mass is 371 g/mol. The van der Waals surface area contributed by atoms with Gasteiger partial charge in [-0.2, -0.15) is 5.10 Å². The van der Waals surface area contributed by atoms with Gasteiger partial charge in [0.25, 0.3) is 6.43 Å². The van der Waals surface area contributed by atoms with Gasteiger partial charge in [0.2, 0.25) is 5.91 Å². The van der Waals surface area contributed by atoms with Crippen molar-refractivity contribution in [3.63, 3.8) is 0 Å². The summed E-state index contributed by atoms with van der Waals surface area (Å²) in [7, 11) is 0. The molecule has 0 saturated carbocycles. The van der Waals surface area contributed by atoms with Gasteiger partial charge in [-0.1, -0.05) is 11.6 Å². The molecule has 1 aliphatic heterocycles. The highest BCUT2D eigenvalue weighted by atomic mass is 35.5. The van der Waals surface area contributed by atoms with Crippen LogP contribution in [0.15, 0.2) is 18.2 Å². The Balaban J connectivity index is 1.91. The normalized spacial score (nSPS) is 17.1. The maximum absolute atomic E-state index is 13.4. The molecule has 25 heavy (non-hydrogen) atoms. The third-order valence-corrected chi connectivity index (χ3v) is 4.96. The molecule has 3 rings (SSSR count). The zero-order valence-electron chi connectivity index (χ0n) is 13.8. The fourth-order valence-electron chi connectivity index (χ4n) is 3.15. The largest absolute Gasteiger partial charge is 0.308 e. The van der Waals surface area contributed by atoms with Gasteiger partial charge >= 0.3 is 0 Å². The van der Waals surface area contributed by atoms with Crippen LogP contribution in [-0.2, 0) is 17.8 Å². The van der Waals surface area contributed by atoms with E-state index in [0.29, 0.717) is 24.2 Å². The summed E-state index contributed by atoms with van der Waals surface area (Å²) in [5, 5.41) is 3.64. The molecular formula is C17H17ClF3N3O. The number of anilines is 1. The Kier molecular flexibility index (Phi) is 4.77. The minimum Gasteiger partial charge on any atom is -0.308 e. The van der Waals surface area contributed by atoms with Crippen LogP contribution in [0.25, 0.3) is 0 Å². The van der Waals surface area contributed by atoms with Crippen LogP contribution in [0, 0.1) is 12.7 Å². The molecule has 0 unspecified atom stereocenters. The molecule has 1 aliphatic rings. The molecule has 0 saturated heterocycles. The molecule has 1 aromatic heterocycles. The second kappa shape index (κ2) is 6.71. The first-order valence-electron chi connectivity index (χ1n) is 7.91. The summed E-state index contributed by atoms with van der Waals surface area (Å²) in [6.45, 7) is 3.23. The van der Waals surface area contributed by atoms with Crippen molar-refractivity contribution in [2.75, 3.05) is 4.90 Å². The van der Waals surface area contributed by atoms with Crippen molar-refractivity contribution >= 4 is 23.2 Å². The number of hydrogen-bond donors (Lipinski definition) is 0. The van der Waals surface area contributed by atoms with E-state index in [1.54, 1.807) is 11.0 Å². The average molecular weight is 372 g/mol. The van der Waals surface area contributed by atoms with E-state index in [1.807, 2.05) is 6.92 Å². The first kappa shape index (κ1) is 17.8. The predicted octanol–water partition coefficient (Wildman–Crippen LogP) is 4.29. The van der Waals surface area contributed by atoms with E-state index in [0.717, 1.165) is 5.56 Å². The summed E-state index contributed by atoms with van der Waals surface area (Å²) in [5.74, 6) is -0.653. The number of benzene rings is 1. The van der Waals surface area contributed by atoms with Crippen molar-refractivity contribution in [1.82, 2.24) is 9.78 Å². The summed E-state index contributed by atoms with van der Waals surface area (Å²) in [6, 6.07) is 4.23. The Morgan fingerprint density at radius 1 is 1.44 bits per heavy atom. The maximum Gasteiger partial charge on any atom is 0.283 e. The minimum atomic E-state index is -2.81. The van der Waals surface area contributed by atoms with Gasteiger partial charge in [-0.05, 0) is 50.5 Å². The SMILES string of the molecule is Cc1c(Cl)c(C(F)F)nn1CC(=O)N1c2ccc(F)cc2CC[C@@H]1C. The minimum absolute atomic E-state index is 0.0774. The number of hydrogen-bond acceptors (Lipinski definition) is 2. The van der Waals surface area contributed by atoms with Crippen molar-refractivity contribution in [3.05, 3.63) is 46.0 Å². The number of alkyl halides is 2. The highest BCUT2D eigenvalue weighted by Gasteiger charge is 2.30. The van der Waals surface area contributed by atoms with Crippen molar-refractivity contribution in [3.8, 4) is 0 Å². The molecule has 0 spiro atoms. The van der Waals surface area contributed by atoms with Gasteiger partial charge in [-0.3, -0.25) is 9.48 Å². The smallest absolute Gasteiger partial charge is 0.283 e. The van der Waals surface area contributed by atoms with Gasteiger partial charge in [-0.25, -0.2) is 13.2 Å². The molecule has 1 amide bonds. The van der Waals surface area contributed by atoms with E-state index >= 15 is 0 Å². The van der Waals surface area contributed by atoms with Crippen molar-refractivity contribution in [2.45, 2.75) is 45.7 Å². The predicted molar refractivity (Wildman–Crippen MR) is 88.6 cm³/mol. The first-order chi connectivity index (χ1) is 11.8. The van der Waals surface area contributed by atoms with Crippen LogP contribution in [-0.4, -0.2) is 21.7 Å². The van der Waals surface area contributed by atoms with Gasteiger partial charge in [-0.15, -0.1) is 0 Å². The molecule has 0 radical (unpaired) electrons. The van der Waals surface area contributed by atoms with E-state index < -0.39 is 12.1 Å². The first-order valence-corrected chi connectivity index (χ1v) is 8.28. The van der Waals surface area contributed by atoms with Gasteiger partial charge in [0, 0.05) is 11.7 Å². The number of nitrogens with zero attached hydrogens (tertiary/aromatic N) is 3. The summed E-state index contributed by atoms with van der Waals surface area (Å²) in [6.07, 6.45) is -1.43. The van der Waals surface area contributed by atoms with Crippen LogP contribution in [0.2, 0.25) is 5.02 Å². The van der Waals surface area contributed by atoms with Gasteiger partial charge in [0.05, 0.1) is 10.7 Å². The molecule has 8 heteroatoms. The highest BCUT2D eigenvalue weighted by molar-refractivity contribution is 6.31. The number of halogens is 4. The lowest BCUT2D eigenvalue weighted by molar-refractivity contribution is -0.119. The second-order valence-corrected chi connectivity index (χ2v) is 6.55. The molecule has 134 valence electrons. The van der Waals surface area contributed by atoms with E-state index in [2.05, 4.69) is 5.10 Å². The Morgan fingerprint density at radius 2 is 2.16 bits per heavy atom. The number of aryl methyl sites for hydroxylation is 1. The summed E-state index contributed by atoms with van der Waals surface area (Å²) in [4.78, 5) is 14.4. The topological polar surface area (TPSA) is 38.1 Å². The zero-order valence-corrected chi connectivity index (χ0v) is 14.5. The number of carbonyl (C=O) groups excluding carboxylic acids is 1. The van der Waals surface area contributed by atoms with Gasteiger partial charge < -0.3 is 4.90 Å². The molecule has 0 bridgehead atoms. The molecule has 0 N–H and O–H groups in total. The lowest BCUT2D eigenvalue weighted by atomic mass is 9.96. The number of carbonyl (C=O) groups is 1. The molecule has 1 atom stereocenters. The van der Waals surface area contributed by atoms with E-state index in [-0.39, 0.29) is 29.3 Å². The number of fused-ring (bicyclic) bond motifs is 1. The van der Waals surface area contributed by atoms with Crippen LogP contribution >= 0.6 is 11.6 Å². The third kappa shape index (κ3) is 3.25. The quantitative estimate of drug-likeness (QED) is 0.807. The van der Waals surface area contributed by atoms with Gasteiger partial charge in [0.1, 0.15) is 18.1 Å². The van der Waals surface area contributed by atoms with Gasteiger partial charge in [0.15, 0.2) is 0 Å². The number of rotatable bonds is 3. The fourth-order valence-corrected chi connectivity index (χ4v) is 3.36. The lowest BCUT2D eigenvalue weighted by Crippen LogP contribution is -2.44. The Labute approximate surface area is 148 Å². The number of aromatic nitrogens is 2. The molecular weight excluding hydrogens is 355 g/mol. The second-order valence-electron chi connectivity index (χ2n) is 6.17. The van der Waals surface area contributed by atoms with Crippen LogP contribution in [0.5, 0.6) is 0 Å². The molecule has 0 aliphatic carbocycles. The van der Waals surface area contributed by atoms with Crippen molar-refractivity contribution in [1.29, 1.82) is 0 Å². The van der Waals surface area contributed by atoms with E-state index in [9.17, 15) is 18.0 Å². The fraction of sp³-hybridized carbons (Fsp3) is 0.412. The van der Waals surface area contributed by atoms with Crippen molar-refractivity contribution in [2.24, 2.45) is 0 Å². The summed E-state index contributed by atoms with van der Waals surface area (Å²) >= 11 is 5.88. The zero-order chi connectivity index (χ0) is 18.3. The van der Waals surface area contributed by atoms with Crippen LogP contribution in [0.4, 0.5) is 18.9 Å². The van der Waals surface area contributed by atoms with Crippen LogP contribution < -0.4 is 4.90 Å². The Morgan fingerprint density at radius 3 is 2.80 bits per heavy atom. The molecule has 2 heterocycles. The Hall–Kier alpha value is -2.02. The van der Waals surface area contributed by atoms with E-state index in [4.69, 9.17) is 11.6 Å². The molecule has 2 aromatic rings. The van der Waals surface area contributed by atoms with E-state index in [1.165, 1.54) is 23.7 Å².